The first-order valence-corrected chi connectivity index (χ1v) is 7.80. The lowest BCUT2D eigenvalue weighted by Gasteiger charge is -2.26. The number of aromatic nitrogens is 2. The zero-order valence-corrected chi connectivity index (χ0v) is 14.0. The normalized spacial score (nSPS) is 25.0. The van der Waals surface area contributed by atoms with Crippen LogP contribution in [0.2, 0.25) is 0 Å². The van der Waals surface area contributed by atoms with E-state index in [1.807, 2.05) is 0 Å². The van der Waals surface area contributed by atoms with Gasteiger partial charge >= 0.3 is 6.09 Å². The number of carbonyl (C=O) groups is 2. The summed E-state index contributed by atoms with van der Waals surface area (Å²) in [6, 6.07) is 0.803. The summed E-state index contributed by atoms with van der Waals surface area (Å²) in [4.78, 5) is 25.5. The van der Waals surface area contributed by atoms with Gasteiger partial charge in [-0.05, 0) is 33.3 Å². The van der Waals surface area contributed by atoms with Crippen LogP contribution in [0.25, 0.3) is 0 Å². The zero-order valence-electron chi connectivity index (χ0n) is 14.0. The Hall–Kier alpha value is -2.13. The molecule has 3 atom stereocenters. The minimum atomic E-state index is -1.03. The second-order valence-corrected chi connectivity index (χ2v) is 6.89. The monoisotopic (exact) mass is 340 g/mol. The second kappa shape index (κ2) is 7.18. The Bertz CT molecular complexity index is 569. The SMILES string of the molecule is CC(C)(C)OC(=O)N[C@@H]1C[C@@H](O)CN(C(=O)c2ccn[nH]2)C[C@H]1O. The van der Waals surface area contributed by atoms with Crippen molar-refractivity contribution in [2.75, 3.05) is 13.1 Å². The Kier molecular flexibility index (Phi) is 5.45. The van der Waals surface area contributed by atoms with E-state index in [2.05, 4.69) is 15.5 Å². The first-order chi connectivity index (χ1) is 11.2. The number of hydrogen-bond donors (Lipinski definition) is 4. The van der Waals surface area contributed by atoms with Crippen molar-refractivity contribution in [2.45, 2.75) is 51.0 Å². The van der Waals surface area contributed by atoms with Crippen LogP contribution in [-0.2, 0) is 4.74 Å². The van der Waals surface area contributed by atoms with E-state index in [-0.39, 0.29) is 31.1 Å². The third kappa shape index (κ3) is 4.93. The van der Waals surface area contributed by atoms with E-state index in [4.69, 9.17) is 4.74 Å². The van der Waals surface area contributed by atoms with E-state index in [0.29, 0.717) is 0 Å². The standard InChI is InChI=1S/C15H24N4O5/c1-15(2,3)24-14(23)17-11-6-9(20)7-19(8-12(11)21)13(22)10-4-5-16-18-10/h4-5,9,11-12,20-21H,6-8H2,1-3H3,(H,16,18)(H,17,23)/t9-,11-,12-/m1/s1. The molecule has 2 heterocycles. The van der Waals surface area contributed by atoms with Gasteiger partial charge in [0.2, 0.25) is 0 Å². The summed E-state index contributed by atoms with van der Waals surface area (Å²) in [5.74, 6) is -0.372. The number of amides is 2. The maximum absolute atomic E-state index is 12.3. The smallest absolute Gasteiger partial charge is 0.407 e. The van der Waals surface area contributed by atoms with Gasteiger partial charge in [0.25, 0.3) is 5.91 Å². The van der Waals surface area contributed by atoms with Crippen LogP contribution in [0.15, 0.2) is 12.3 Å². The van der Waals surface area contributed by atoms with E-state index < -0.39 is 29.9 Å². The summed E-state index contributed by atoms with van der Waals surface area (Å²) in [5.41, 5.74) is -0.394. The van der Waals surface area contributed by atoms with Gasteiger partial charge in [-0.1, -0.05) is 0 Å². The van der Waals surface area contributed by atoms with Gasteiger partial charge in [0.15, 0.2) is 0 Å². The summed E-state index contributed by atoms with van der Waals surface area (Å²) in [5, 5.41) is 29.3. The molecule has 1 aromatic heterocycles. The molecular formula is C15H24N4O5. The Morgan fingerprint density at radius 3 is 2.67 bits per heavy atom. The molecule has 0 saturated carbocycles. The summed E-state index contributed by atoms with van der Waals surface area (Å²) in [6.45, 7) is 5.23. The van der Waals surface area contributed by atoms with Crippen molar-refractivity contribution in [3.8, 4) is 0 Å². The summed E-state index contributed by atoms with van der Waals surface area (Å²) >= 11 is 0. The molecule has 0 spiro atoms. The Balaban J connectivity index is 2.02. The predicted molar refractivity (Wildman–Crippen MR) is 84.3 cm³/mol. The minimum Gasteiger partial charge on any atom is -0.444 e. The van der Waals surface area contributed by atoms with Crippen LogP contribution in [0, 0.1) is 0 Å². The van der Waals surface area contributed by atoms with E-state index >= 15 is 0 Å². The summed E-state index contributed by atoms with van der Waals surface area (Å²) in [6.07, 6.45) is -1.01. The molecule has 2 rings (SSSR count). The van der Waals surface area contributed by atoms with Crippen LogP contribution >= 0.6 is 0 Å². The molecule has 0 aliphatic carbocycles. The van der Waals surface area contributed by atoms with Crippen LogP contribution in [0.3, 0.4) is 0 Å². The molecule has 9 heteroatoms. The first kappa shape index (κ1) is 18.2. The van der Waals surface area contributed by atoms with Gasteiger partial charge in [-0.3, -0.25) is 9.89 Å². The van der Waals surface area contributed by atoms with Gasteiger partial charge in [0.05, 0.1) is 18.2 Å². The van der Waals surface area contributed by atoms with Gasteiger partial charge in [0.1, 0.15) is 11.3 Å². The average molecular weight is 340 g/mol. The van der Waals surface area contributed by atoms with Crippen molar-refractivity contribution in [1.29, 1.82) is 0 Å². The van der Waals surface area contributed by atoms with Gasteiger partial charge in [-0.25, -0.2) is 4.79 Å². The topological polar surface area (TPSA) is 128 Å². The third-order valence-corrected chi connectivity index (χ3v) is 3.55. The summed E-state index contributed by atoms with van der Waals surface area (Å²) < 4.78 is 5.16. The number of H-pyrrole nitrogens is 1. The highest BCUT2D eigenvalue weighted by Crippen LogP contribution is 2.16. The average Bonchev–Trinajstić information content (AvgIpc) is 2.92. The number of nitrogens with zero attached hydrogens (tertiary/aromatic N) is 2. The van der Waals surface area contributed by atoms with Crippen LogP contribution in [0.1, 0.15) is 37.7 Å². The Labute approximate surface area is 140 Å². The molecule has 134 valence electrons. The van der Waals surface area contributed by atoms with Crippen LogP contribution in [-0.4, -0.2) is 74.3 Å². The first-order valence-electron chi connectivity index (χ1n) is 7.80. The Morgan fingerprint density at radius 2 is 2.08 bits per heavy atom. The van der Waals surface area contributed by atoms with Crippen molar-refractivity contribution in [2.24, 2.45) is 0 Å². The molecule has 0 unspecified atom stereocenters. The predicted octanol–water partition coefficient (Wildman–Crippen LogP) is -0.129. The molecule has 1 aromatic rings. The maximum Gasteiger partial charge on any atom is 0.407 e. The third-order valence-electron chi connectivity index (χ3n) is 3.55. The maximum atomic E-state index is 12.3. The fraction of sp³-hybridized carbons (Fsp3) is 0.667. The van der Waals surface area contributed by atoms with Gasteiger partial charge < -0.3 is 25.2 Å². The van der Waals surface area contributed by atoms with Crippen LogP contribution in [0.4, 0.5) is 4.79 Å². The molecule has 0 radical (unpaired) electrons. The molecule has 1 aliphatic heterocycles. The number of alkyl carbamates (subject to hydrolysis) is 1. The molecule has 9 nitrogen and oxygen atoms in total. The molecule has 1 aliphatic rings. The highest BCUT2D eigenvalue weighted by molar-refractivity contribution is 5.92. The number of aromatic amines is 1. The lowest BCUT2D eigenvalue weighted by Crippen LogP contribution is -2.48. The lowest BCUT2D eigenvalue weighted by atomic mass is 10.1. The Morgan fingerprint density at radius 1 is 1.38 bits per heavy atom. The molecule has 1 fully saturated rings. The quantitative estimate of drug-likeness (QED) is 0.594. The van der Waals surface area contributed by atoms with Crippen LogP contribution in [0.5, 0.6) is 0 Å². The zero-order chi connectivity index (χ0) is 17.9. The fourth-order valence-corrected chi connectivity index (χ4v) is 2.53. The second-order valence-electron chi connectivity index (χ2n) is 6.89. The number of β-amino-alcohol motifs (C(OH)–C–C–N with tert-alkyl or cyclic N) is 2. The van der Waals surface area contributed by atoms with Crippen molar-refractivity contribution in [1.82, 2.24) is 20.4 Å². The van der Waals surface area contributed by atoms with Gasteiger partial charge in [-0.2, -0.15) is 5.10 Å². The molecule has 4 N–H and O–H groups in total. The van der Waals surface area contributed by atoms with Crippen molar-refractivity contribution < 1.29 is 24.5 Å². The van der Waals surface area contributed by atoms with E-state index in [0.717, 1.165) is 0 Å². The van der Waals surface area contributed by atoms with Crippen LogP contribution < -0.4 is 5.32 Å². The fourth-order valence-electron chi connectivity index (χ4n) is 2.53. The van der Waals surface area contributed by atoms with E-state index in [1.54, 1.807) is 20.8 Å². The number of hydrogen-bond acceptors (Lipinski definition) is 6. The number of carbonyl (C=O) groups excluding carboxylic acids is 2. The molecule has 24 heavy (non-hydrogen) atoms. The number of ether oxygens (including phenoxy) is 1. The van der Waals surface area contributed by atoms with Crippen molar-refractivity contribution in [3.63, 3.8) is 0 Å². The van der Waals surface area contributed by atoms with Crippen molar-refractivity contribution in [3.05, 3.63) is 18.0 Å². The van der Waals surface area contributed by atoms with Gasteiger partial charge in [-0.15, -0.1) is 0 Å². The number of aliphatic hydroxyl groups excluding tert-OH is 2. The molecular weight excluding hydrogens is 316 g/mol. The molecule has 0 bridgehead atoms. The highest BCUT2D eigenvalue weighted by Gasteiger charge is 2.34. The number of nitrogens with one attached hydrogen (secondary N) is 2. The number of aliphatic hydroxyl groups is 2. The number of likely N-dealkylation sites (tertiary alicyclic amines) is 1. The van der Waals surface area contributed by atoms with Gasteiger partial charge in [0, 0.05) is 19.3 Å². The summed E-state index contributed by atoms with van der Waals surface area (Å²) in [7, 11) is 0. The largest absolute Gasteiger partial charge is 0.444 e. The molecule has 1 saturated heterocycles. The molecule has 0 aromatic carbocycles. The van der Waals surface area contributed by atoms with E-state index in [1.165, 1.54) is 17.2 Å². The molecule has 2 amide bonds. The number of rotatable bonds is 2. The lowest BCUT2D eigenvalue weighted by molar-refractivity contribution is 0.0382. The van der Waals surface area contributed by atoms with Crippen molar-refractivity contribution >= 4 is 12.0 Å². The minimum absolute atomic E-state index is 0.0185. The highest BCUT2D eigenvalue weighted by atomic mass is 16.6. The van der Waals surface area contributed by atoms with E-state index in [9.17, 15) is 19.8 Å².